The third-order valence-corrected chi connectivity index (χ3v) is 8.54. The summed E-state index contributed by atoms with van der Waals surface area (Å²) in [6.45, 7) is 4.25. The van der Waals surface area contributed by atoms with Crippen LogP contribution in [0.5, 0.6) is 0 Å². The number of hydrogen-bond donors (Lipinski definition) is 3. The van der Waals surface area contributed by atoms with E-state index in [2.05, 4.69) is 13.8 Å². The first-order valence-electron chi connectivity index (χ1n) is 9.34. The fraction of sp³-hybridized carbons (Fsp3) is 0.947. The molecule has 8 atom stereocenters. The topological polar surface area (TPSA) is 77.8 Å². The molecule has 4 saturated carbocycles. The molecule has 0 heterocycles. The third kappa shape index (κ3) is 1.86. The van der Waals surface area contributed by atoms with Crippen LogP contribution in [-0.4, -0.2) is 38.9 Å². The zero-order valence-electron chi connectivity index (χ0n) is 14.3. The molecule has 23 heavy (non-hydrogen) atoms. The van der Waals surface area contributed by atoms with E-state index >= 15 is 0 Å². The van der Waals surface area contributed by atoms with Gasteiger partial charge in [-0.3, -0.25) is 4.79 Å². The Morgan fingerprint density at radius 3 is 2.52 bits per heavy atom. The zero-order valence-corrected chi connectivity index (χ0v) is 14.3. The first kappa shape index (κ1) is 16.0. The molecule has 3 N–H and O–H groups in total. The summed E-state index contributed by atoms with van der Waals surface area (Å²) < 4.78 is 0. The molecule has 0 aromatic carbocycles. The Kier molecular flexibility index (Phi) is 3.35. The van der Waals surface area contributed by atoms with Crippen molar-refractivity contribution in [2.75, 3.05) is 0 Å². The van der Waals surface area contributed by atoms with Crippen LogP contribution in [0.4, 0.5) is 0 Å². The molecule has 0 amide bonds. The van der Waals surface area contributed by atoms with Gasteiger partial charge in [-0.15, -0.1) is 0 Å². The van der Waals surface area contributed by atoms with Gasteiger partial charge < -0.3 is 15.3 Å². The van der Waals surface area contributed by atoms with E-state index in [-0.39, 0.29) is 17.3 Å². The molecule has 0 radical (unpaired) electrons. The highest BCUT2D eigenvalue weighted by Crippen LogP contribution is 2.66. The number of carbonyl (C=O) groups excluding carboxylic acids is 1. The molecule has 4 rings (SSSR count). The highest BCUT2D eigenvalue weighted by atomic mass is 16.3. The van der Waals surface area contributed by atoms with Crippen LogP contribution in [0.1, 0.15) is 65.2 Å². The molecule has 0 unspecified atom stereocenters. The number of fused-ring (bicyclic) bond motifs is 5. The van der Waals surface area contributed by atoms with E-state index < -0.39 is 17.8 Å². The summed E-state index contributed by atoms with van der Waals surface area (Å²) in [5, 5.41) is 32.2. The molecule has 0 aliphatic heterocycles. The minimum Gasteiger partial charge on any atom is -0.393 e. The number of carbonyl (C=O) groups is 1. The fourth-order valence-electron chi connectivity index (χ4n) is 7.03. The summed E-state index contributed by atoms with van der Waals surface area (Å²) in [7, 11) is 0. The molecule has 4 fully saturated rings. The highest BCUT2D eigenvalue weighted by molar-refractivity contribution is 5.87. The lowest BCUT2D eigenvalue weighted by Gasteiger charge is -2.64. The van der Waals surface area contributed by atoms with Gasteiger partial charge in [0.2, 0.25) is 0 Å². The molecule has 0 aromatic rings. The summed E-state index contributed by atoms with van der Waals surface area (Å²) in [5.41, 5.74) is -1.73. The zero-order chi connectivity index (χ0) is 16.6. The number of Topliss-reactive ketones (excluding diaryl/α,β-unsaturated/α-hetero) is 1. The Bertz CT molecular complexity index is 533. The fourth-order valence-corrected chi connectivity index (χ4v) is 7.03. The standard InChI is InChI=1S/C19H30O4/c1-17-7-6-14-12(13(17)3-4-15(17)21)9-16(22)19(23)10-11(20)5-8-18(14,19)2/h11-14,16,20,22-23H,3-10H2,1-2H3/t11-,12+,13+,14+,16-,17+,18+,19-/m0/s1. The van der Waals surface area contributed by atoms with Gasteiger partial charge in [0.25, 0.3) is 0 Å². The van der Waals surface area contributed by atoms with E-state index in [1.54, 1.807) is 0 Å². The molecular formula is C19H30O4. The Hall–Kier alpha value is -0.450. The normalized spacial score (nSPS) is 59.2. The largest absolute Gasteiger partial charge is 0.393 e. The Morgan fingerprint density at radius 2 is 1.78 bits per heavy atom. The maximum atomic E-state index is 12.4. The van der Waals surface area contributed by atoms with Gasteiger partial charge in [0, 0.05) is 23.7 Å². The first-order valence-corrected chi connectivity index (χ1v) is 9.34. The van der Waals surface area contributed by atoms with Crippen LogP contribution in [0.3, 0.4) is 0 Å². The second kappa shape index (κ2) is 4.80. The van der Waals surface area contributed by atoms with Crippen LogP contribution in [0.25, 0.3) is 0 Å². The van der Waals surface area contributed by atoms with Crippen molar-refractivity contribution in [2.45, 2.75) is 83.0 Å². The molecule has 4 heteroatoms. The van der Waals surface area contributed by atoms with Gasteiger partial charge in [-0.1, -0.05) is 13.8 Å². The van der Waals surface area contributed by atoms with Crippen LogP contribution in [0, 0.1) is 28.6 Å². The maximum absolute atomic E-state index is 12.4. The van der Waals surface area contributed by atoms with Crippen molar-refractivity contribution >= 4 is 5.78 Å². The van der Waals surface area contributed by atoms with Gasteiger partial charge >= 0.3 is 0 Å². The highest BCUT2D eigenvalue weighted by Gasteiger charge is 2.67. The van der Waals surface area contributed by atoms with Crippen LogP contribution in [0.2, 0.25) is 0 Å². The SMILES string of the molecule is C[C@@]12CC[C@@H]3[C@H](C[C@H](O)[C@@]4(O)C[C@@H](O)CC[C@]34C)[C@H]1CCC2=O. The van der Waals surface area contributed by atoms with Crippen molar-refractivity contribution in [3.8, 4) is 0 Å². The van der Waals surface area contributed by atoms with E-state index in [9.17, 15) is 20.1 Å². The molecule has 0 aromatic heterocycles. The summed E-state index contributed by atoms with van der Waals surface area (Å²) >= 11 is 0. The number of rotatable bonds is 0. The van der Waals surface area contributed by atoms with Crippen molar-refractivity contribution in [3.05, 3.63) is 0 Å². The number of aliphatic hydroxyl groups excluding tert-OH is 2. The summed E-state index contributed by atoms with van der Waals surface area (Å²) in [5.74, 6) is 1.44. The quantitative estimate of drug-likeness (QED) is 0.638. The molecule has 130 valence electrons. The summed E-state index contributed by atoms with van der Waals surface area (Å²) in [6.07, 6.45) is 4.54. The Balaban J connectivity index is 1.72. The van der Waals surface area contributed by atoms with Crippen LogP contribution >= 0.6 is 0 Å². The van der Waals surface area contributed by atoms with Crippen molar-refractivity contribution in [1.82, 2.24) is 0 Å². The van der Waals surface area contributed by atoms with E-state index in [0.29, 0.717) is 42.8 Å². The van der Waals surface area contributed by atoms with Gasteiger partial charge in [0.15, 0.2) is 0 Å². The average molecular weight is 322 g/mol. The summed E-state index contributed by atoms with van der Waals surface area (Å²) in [6, 6.07) is 0. The van der Waals surface area contributed by atoms with E-state index in [4.69, 9.17) is 0 Å². The number of ketones is 1. The smallest absolute Gasteiger partial charge is 0.139 e. The average Bonchev–Trinajstić information content (AvgIpc) is 2.79. The van der Waals surface area contributed by atoms with Crippen molar-refractivity contribution < 1.29 is 20.1 Å². The predicted molar refractivity (Wildman–Crippen MR) is 85.6 cm³/mol. The lowest BCUT2D eigenvalue weighted by atomic mass is 9.43. The van der Waals surface area contributed by atoms with Gasteiger partial charge in [-0.2, -0.15) is 0 Å². The lowest BCUT2D eigenvalue weighted by Crippen LogP contribution is -2.68. The van der Waals surface area contributed by atoms with Crippen molar-refractivity contribution in [2.24, 2.45) is 28.6 Å². The molecule has 4 aliphatic carbocycles. The lowest BCUT2D eigenvalue weighted by molar-refractivity contribution is -0.262. The number of aliphatic hydroxyl groups is 3. The molecule has 0 bridgehead atoms. The summed E-state index contributed by atoms with van der Waals surface area (Å²) in [4.78, 5) is 12.4. The van der Waals surface area contributed by atoms with Gasteiger partial charge in [0.1, 0.15) is 5.78 Å². The molecule has 0 spiro atoms. The van der Waals surface area contributed by atoms with Gasteiger partial charge in [-0.05, 0) is 56.3 Å². The Labute approximate surface area is 138 Å². The molecule has 4 aliphatic rings. The minimum absolute atomic E-state index is 0.207. The second-order valence-corrected chi connectivity index (χ2v) is 9.28. The van der Waals surface area contributed by atoms with Gasteiger partial charge in [-0.25, -0.2) is 0 Å². The maximum Gasteiger partial charge on any atom is 0.139 e. The van der Waals surface area contributed by atoms with E-state index in [1.165, 1.54) is 0 Å². The molecule has 0 saturated heterocycles. The van der Waals surface area contributed by atoms with Crippen molar-refractivity contribution in [3.63, 3.8) is 0 Å². The van der Waals surface area contributed by atoms with E-state index in [1.807, 2.05) is 0 Å². The van der Waals surface area contributed by atoms with E-state index in [0.717, 1.165) is 25.7 Å². The van der Waals surface area contributed by atoms with Crippen LogP contribution < -0.4 is 0 Å². The second-order valence-electron chi connectivity index (χ2n) is 9.28. The predicted octanol–water partition coefficient (Wildman–Crippen LogP) is 2.04. The third-order valence-electron chi connectivity index (χ3n) is 8.54. The Morgan fingerprint density at radius 1 is 1.04 bits per heavy atom. The number of hydrogen-bond acceptors (Lipinski definition) is 4. The molecular weight excluding hydrogens is 292 g/mol. The van der Waals surface area contributed by atoms with Crippen molar-refractivity contribution in [1.29, 1.82) is 0 Å². The van der Waals surface area contributed by atoms with Gasteiger partial charge in [0.05, 0.1) is 17.8 Å². The molecule has 4 nitrogen and oxygen atoms in total. The van der Waals surface area contributed by atoms with Crippen LogP contribution in [0.15, 0.2) is 0 Å². The first-order chi connectivity index (χ1) is 10.7. The monoisotopic (exact) mass is 322 g/mol. The van der Waals surface area contributed by atoms with Crippen LogP contribution in [-0.2, 0) is 4.79 Å². The minimum atomic E-state index is -1.18.